The van der Waals surface area contributed by atoms with E-state index in [1.165, 1.54) is 26.4 Å². The first-order valence-electron chi connectivity index (χ1n) is 17.8. The summed E-state index contributed by atoms with van der Waals surface area (Å²) >= 11 is 12.5. The lowest BCUT2D eigenvalue weighted by molar-refractivity contribution is 0.0693. The Morgan fingerprint density at radius 1 is 0.627 bits per heavy atom. The minimum Gasteiger partial charge on any atom is -0.496 e. The van der Waals surface area contributed by atoms with E-state index >= 15 is 0 Å². The second-order valence-electron chi connectivity index (χ2n) is 12.1. The molecule has 6 aromatic rings. The van der Waals surface area contributed by atoms with Crippen molar-refractivity contribution in [3.63, 3.8) is 0 Å². The molecule has 5 amide bonds. The molecule has 0 aliphatic carbocycles. The highest BCUT2D eigenvalue weighted by atomic mass is 35.5. The summed E-state index contributed by atoms with van der Waals surface area (Å²) in [6.07, 6.45) is 3.15. The van der Waals surface area contributed by atoms with Crippen molar-refractivity contribution in [2.75, 3.05) is 45.0 Å². The summed E-state index contributed by atoms with van der Waals surface area (Å²) in [5.74, 6) is 0.987. The quantitative estimate of drug-likeness (QED) is 0.0686. The maximum atomic E-state index is 12.2. The third-order valence-corrected chi connectivity index (χ3v) is 8.88. The van der Waals surface area contributed by atoms with Gasteiger partial charge in [0.2, 0.25) is 0 Å². The molecule has 2 heterocycles. The molecule has 6 N–H and O–H groups in total. The Bertz CT molecular complexity index is 2540. The van der Waals surface area contributed by atoms with Gasteiger partial charge in [-0.2, -0.15) is 0 Å². The Balaban J connectivity index is 0.000000224. The Labute approximate surface area is 348 Å². The number of carboxylic acids is 1. The van der Waals surface area contributed by atoms with Crippen LogP contribution in [-0.4, -0.2) is 73.4 Å². The van der Waals surface area contributed by atoms with Crippen LogP contribution in [0.15, 0.2) is 85.2 Å². The number of urea groups is 2. The molecule has 0 saturated heterocycles. The number of benzene rings is 4. The molecule has 0 atom stereocenters. The number of carboxylic acid groups (broad SMARTS) is 1. The number of fused-ring (bicyclic) bond motifs is 2. The van der Waals surface area contributed by atoms with E-state index < -0.39 is 5.97 Å². The van der Waals surface area contributed by atoms with Crippen molar-refractivity contribution in [1.29, 1.82) is 0 Å². The van der Waals surface area contributed by atoms with E-state index in [-0.39, 0.29) is 29.3 Å². The second kappa shape index (κ2) is 19.9. The Kier molecular flexibility index (Phi) is 14.5. The largest absolute Gasteiger partial charge is 0.496 e. The van der Waals surface area contributed by atoms with E-state index in [2.05, 4.69) is 36.6 Å². The zero-order valence-corrected chi connectivity index (χ0v) is 33.9. The van der Waals surface area contributed by atoms with Crippen LogP contribution in [0.1, 0.15) is 34.6 Å². The maximum absolute atomic E-state index is 12.2. The van der Waals surface area contributed by atoms with E-state index in [1.807, 2.05) is 13.8 Å². The van der Waals surface area contributed by atoms with Crippen molar-refractivity contribution in [3.05, 3.63) is 106 Å². The third-order valence-electron chi connectivity index (χ3n) is 8.26. The molecule has 0 aliphatic rings. The summed E-state index contributed by atoms with van der Waals surface area (Å²) in [5.41, 5.74) is 2.38. The van der Waals surface area contributed by atoms with Crippen LogP contribution in [0.5, 0.6) is 34.5 Å². The number of anilines is 2. The van der Waals surface area contributed by atoms with Crippen LogP contribution < -0.4 is 45.5 Å². The summed E-state index contributed by atoms with van der Waals surface area (Å²) < 4.78 is 22.3. The van der Waals surface area contributed by atoms with Gasteiger partial charge in [0.25, 0.3) is 5.91 Å². The molecular weight excluding hydrogens is 805 g/mol. The van der Waals surface area contributed by atoms with Crippen LogP contribution in [0.3, 0.4) is 0 Å². The standard InChI is InChI=1S/C21H21ClN4O4.C20H18ClN3O5/c1-4-24-21(28)26-16-6-5-12(9-15(16)22)30-18-7-8-25-17-11-19(29-3)14(10-13(17)18)20(27)23-2;1-3-22-20(27)24-15-5-4-11(8-14(15)21)29-17-6-7-23-16-10-18(28-2)13(19(25)26)9-12(16)17/h5-11H,4H2,1-3H3,(H,23,27)(H2,24,26,28);4-10H,3H2,1-2H3,(H,25,26)(H2,22,24,27). The molecular formula is C41H39Cl2N7O9. The lowest BCUT2D eigenvalue weighted by Crippen LogP contribution is -2.28. The molecule has 0 fully saturated rings. The van der Waals surface area contributed by atoms with E-state index in [4.69, 9.17) is 42.1 Å². The average Bonchev–Trinajstić information content (AvgIpc) is 3.22. The van der Waals surface area contributed by atoms with Crippen LogP contribution in [-0.2, 0) is 0 Å². The molecule has 0 aliphatic heterocycles. The van der Waals surface area contributed by atoms with Crippen molar-refractivity contribution < 1.29 is 43.2 Å². The fourth-order valence-corrected chi connectivity index (χ4v) is 5.96. The van der Waals surface area contributed by atoms with Gasteiger partial charge in [-0.05, 0) is 62.4 Å². The normalized spacial score (nSPS) is 10.4. The molecule has 306 valence electrons. The number of aromatic carboxylic acids is 1. The minimum absolute atomic E-state index is 0.00244. The summed E-state index contributed by atoms with van der Waals surface area (Å²) in [6, 6.07) is 18.7. The molecule has 59 heavy (non-hydrogen) atoms. The number of carbonyl (C=O) groups excluding carboxylic acids is 3. The van der Waals surface area contributed by atoms with Crippen molar-refractivity contribution in [2.24, 2.45) is 0 Å². The van der Waals surface area contributed by atoms with Crippen LogP contribution in [0.2, 0.25) is 10.0 Å². The zero-order valence-electron chi connectivity index (χ0n) is 32.4. The van der Waals surface area contributed by atoms with Gasteiger partial charge in [0.05, 0.1) is 52.2 Å². The van der Waals surface area contributed by atoms with Crippen molar-refractivity contribution in [2.45, 2.75) is 13.8 Å². The van der Waals surface area contributed by atoms with Gasteiger partial charge in [-0.1, -0.05) is 23.2 Å². The van der Waals surface area contributed by atoms with Crippen molar-refractivity contribution in [3.8, 4) is 34.5 Å². The highest BCUT2D eigenvalue weighted by Crippen LogP contribution is 2.37. The first-order chi connectivity index (χ1) is 28.4. The lowest BCUT2D eigenvalue weighted by atomic mass is 10.1. The van der Waals surface area contributed by atoms with Gasteiger partial charge >= 0.3 is 18.0 Å². The zero-order chi connectivity index (χ0) is 42.6. The third kappa shape index (κ3) is 10.7. The number of halogens is 2. The highest BCUT2D eigenvalue weighted by molar-refractivity contribution is 6.34. The number of ether oxygens (including phenoxy) is 4. The summed E-state index contributed by atoms with van der Waals surface area (Å²) in [5, 5.41) is 24.3. The van der Waals surface area contributed by atoms with E-state index in [1.54, 1.807) is 80.1 Å². The Hall–Kier alpha value is -7.04. The monoisotopic (exact) mass is 843 g/mol. The molecule has 0 spiro atoms. The van der Waals surface area contributed by atoms with Crippen LogP contribution in [0.25, 0.3) is 21.8 Å². The molecule has 16 nitrogen and oxygen atoms in total. The predicted molar refractivity (Wildman–Crippen MR) is 225 cm³/mol. The van der Waals surface area contributed by atoms with Crippen molar-refractivity contribution in [1.82, 2.24) is 25.9 Å². The number of amides is 5. The number of pyridine rings is 2. The molecule has 0 unspecified atom stereocenters. The molecule has 4 aromatic carbocycles. The second-order valence-corrected chi connectivity index (χ2v) is 12.9. The van der Waals surface area contributed by atoms with E-state index in [0.717, 1.165) is 0 Å². The SMILES string of the molecule is CCNC(=O)Nc1ccc(Oc2ccnc3cc(OC)c(C(=O)NC)cc23)cc1Cl.CCNC(=O)Nc1ccc(Oc2ccnc3cc(OC)c(C(=O)O)cc23)cc1Cl. The predicted octanol–water partition coefficient (Wildman–Crippen LogP) is 8.72. The van der Waals surface area contributed by atoms with Gasteiger partial charge < -0.3 is 50.6 Å². The topological polar surface area (TPSA) is 211 Å². The molecule has 0 bridgehead atoms. The molecule has 2 aromatic heterocycles. The number of methoxy groups -OCH3 is 2. The number of rotatable bonds is 12. The Morgan fingerprint density at radius 3 is 1.46 bits per heavy atom. The number of aromatic nitrogens is 2. The summed E-state index contributed by atoms with van der Waals surface area (Å²) in [7, 11) is 4.43. The molecule has 6 rings (SSSR count). The van der Waals surface area contributed by atoms with E-state index in [9.17, 15) is 24.3 Å². The van der Waals surface area contributed by atoms with Crippen LogP contribution in [0, 0.1) is 0 Å². The van der Waals surface area contributed by atoms with Crippen molar-refractivity contribution >= 4 is 80.3 Å². The first-order valence-corrected chi connectivity index (χ1v) is 18.6. The number of hydrogen-bond donors (Lipinski definition) is 6. The van der Waals surface area contributed by atoms with Gasteiger partial charge in [-0.15, -0.1) is 0 Å². The Morgan fingerprint density at radius 2 is 1.07 bits per heavy atom. The fraction of sp³-hybridized carbons (Fsp3) is 0.171. The smallest absolute Gasteiger partial charge is 0.339 e. The van der Waals surface area contributed by atoms with Gasteiger partial charge in [0, 0.05) is 67.6 Å². The number of nitrogens with one attached hydrogen (secondary N) is 5. The maximum Gasteiger partial charge on any atom is 0.339 e. The van der Waals surface area contributed by atoms with Gasteiger partial charge in [0.1, 0.15) is 40.1 Å². The van der Waals surface area contributed by atoms with E-state index in [0.29, 0.717) is 90.6 Å². The van der Waals surface area contributed by atoms with Gasteiger partial charge in [-0.3, -0.25) is 14.8 Å². The molecule has 18 heteroatoms. The van der Waals surface area contributed by atoms with Crippen LogP contribution in [0.4, 0.5) is 21.0 Å². The molecule has 0 radical (unpaired) electrons. The van der Waals surface area contributed by atoms with Gasteiger partial charge in [0.15, 0.2) is 0 Å². The van der Waals surface area contributed by atoms with Crippen LogP contribution >= 0.6 is 23.2 Å². The number of carbonyl (C=O) groups is 4. The molecule has 0 saturated carbocycles. The summed E-state index contributed by atoms with van der Waals surface area (Å²) in [4.78, 5) is 55.6. The number of nitrogens with zero attached hydrogens (tertiary/aromatic N) is 2. The minimum atomic E-state index is -1.12. The number of hydrogen-bond acceptors (Lipinski definition) is 10. The fourth-order valence-electron chi connectivity index (χ4n) is 5.52. The summed E-state index contributed by atoms with van der Waals surface area (Å²) in [6.45, 7) is 4.62. The highest BCUT2D eigenvalue weighted by Gasteiger charge is 2.18. The van der Waals surface area contributed by atoms with Gasteiger partial charge in [-0.25, -0.2) is 14.4 Å². The first kappa shape index (κ1) is 43.1. The average molecular weight is 845 g/mol. The lowest BCUT2D eigenvalue weighted by Gasteiger charge is -2.13.